The monoisotopic (exact) mass is 342 g/mol. The van der Waals surface area contributed by atoms with E-state index < -0.39 is 0 Å². The largest absolute Gasteiger partial charge is 0.258 e. The molecule has 0 N–H and O–H groups in total. The molecule has 106 valence electrons. The summed E-state index contributed by atoms with van der Waals surface area (Å²) in [6.45, 7) is 0. The van der Waals surface area contributed by atoms with Gasteiger partial charge < -0.3 is 0 Å². The average Bonchev–Trinajstić information content (AvgIpc) is 2.55. The first-order valence-corrected chi connectivity index (χ1v) is 6.67. The molecule has 1 heterocycles. The van der Waals surface area contributed by atoms with E-state index in [-0.39, 0.29) is 23.1 Å². The van der Waals surface area contributed by atoms with Crippen LogP contribution < -0.4 is 9.57 Å². The topological polar surface area (TPSA) is 13.1 Å². The molecule has 2 nitrogen and oxygen atoms in total. The van der Waals surface area contributed by atoms with Crippen molar-refractivity contribution in [2.45, 2.75) is 6.10 Å². The van der Waals surface area contributed by atoms with Crippen LogP contribution in [0, 0.1) is 0 Å². The number of hydrogen-bond donors (Lipinski definition) is 0. The molecule has 1 aromatic heterocycles. The second-order valence-corrected chi connectivity index (χ2v) is 4.54. The standard InChI is InChI=1S/C18H16NO.BrH/c1-4-10-16(11-5-1)18(17-12-6-2-7-13-17)20-19-14-8-3-9-15-19;/h1-15,18H;1H/q+1;. The van der Waals surface area contributed by atoms with Gasteiger partial charge in [-0.2, -0.15) is 0 Å². The number of benzene rings is 2. The van der Waals surface area contributed by atoms with Gasteiger partial charge in [0.25, 0.3) is 0 Å². The molecule has 3 aromatic rings. The number of pyridine rings is 1. The Bertz CT molecular complexity index is 604. The molecule has 0 saturated heterocycles. The highest BCUT2D eigenvalue weighted by molar-refractivity contribution is 8.93. The highest BCUT2D eigenvalue weighted by Crippen LogP contribution is 2.22. The first-order valence-electron chi connectivity index (χ1n) is 6.67. The number of halogens is 1. The maximum atomic E-state index is 6.10. The van der Waals surface area contributed by atoms with Crippen LogP contribution >= 0.6 is 17.0 Å². The zero-order chi connectivity index (χ0) is 13.6. The second kappa shape index (κ2) is 7.60. The van der Waals surface area contributed by atoms with Gasteiger partial charge in [0.2, 0.25) is 18.5 Å². The number of rotatable bonds is 4. The Morgan fingerprint density at radius 2 is 1.05 bits per heavy atom. The third-order valence-electron chi connectivity index (χ3n) is 3.12. The van der Waals surface area contributed by atoms with Crippen molar-refractivity contribution >= 4 is 17.0 Å². The summed E-state index contributed by atoms with van der Waals surface area (Å²) in [4.78, 5) is 6.10. The zero-order valence-electron chi connectivity index (χ0n) is 11.5. The van der Waals surface area contributed by atoms with Gasteiger partial charge in [0.05, 0.1) is 0 Å². The van der Waals surface area contributed by atoms with Crippen molar-refractivity contribution in [2.24, 2.45) is 0 Å². The van der Waals surface area contributed by atoms with Gasteiger partial charge in [0, 0.05) is 28.0 Å². The van der Waals surface area contributed by atoms with E-state index in [1.165, 1.54) is 0 Å². The van der Waals surface area contributed by atoms with E-state index in [2.05, 4.69) is 24.3 Å². The lowest BCUT2D eigenvalue weighted by molar-refractivity contribution is -0.899. The van der Waals surface area contributed by atoms with Gasteiger partial charge in [-0.05, 0) is 0 Å². The SMILES string of the molecule is Br.c1ccc(C(O[n+]2ccccc2)c2ccccc2)cc1. The van der Waals surface area contributed by atoms with Crippen LogP contribution in [0.1, 0.15) is 17.2 Å². The van der Waals surface area contributed by atoms with Gasteiger partial charge in [-0.25, -0.2) is 0 Å². The second-order valence-electron chi connectivity index (χ2n) is 4.54. The van der Waals surface area contributed by atoms with E-state index in [1.807, 2.05) is 67.0 Å². The third kappa shape index (κ3) is 3.92. The van der Waals surface area contributed by atoms with Crippen molar-refractivity contribution in [3.63, 3.8) is 0 Å². The molecule has 3 heteroatoms. The Hall–Kier alpha value is -2.13. The summed E-state index contributed by atoms with van der Waals surface area (Å²) in [6, 6.07) is 26.4. The van der Waals surface area contributed by atoms with Crippen LogP contribution in [-0.2, 0) is 0 Å². The summed E-state index contributed by atoms with van der Waals surface area (Å²) < 4.78 is 1.74. The number of nitrogens with zero attached hydrogens (tertiary/aromatic N) is 1. The molecule has 0 aliphatic heterocycles. The lowest BCUT2D eigenvalue weighted by Crippen LogP contribution is -2.43. The first-order chi connectivity index (χ1) is 9.93. The Morgan fingerprint density at radius 3 is 1.52 bits per heavy atom. The van der Waals surface area contributed by atoms with Crippen LogP contribution in [0.4, 0.5) is 0 Å². The molecular formula is C18H17BrNO+. The minimum Gasteiger partial charge on any atom is -0.258 e. The molecule has 0 fully saturated rings. The Morgan fingerprint density at radius 1 is 0.619 bits per heavy atom. The highest BCUT2D eigenvalue weighted by Gasteiger charge is 2.20. The van der Waals surface area contributed by atoms with E-state index in [9.17, 15) is 0 Å². The molecule has 3 rings (SSSR count). The van der Waals surface area contributed by atoms with Crippen molar-refractivity contribution in [3.05, 3.63) is 102 Å². The van der Waals surface area contributed by atoms with Crippen molar-refractivity contribution in [1.82, 2.24) is 0 Å². The third-order valence-corrected chi connectivity index (χ3v) is 3.12. The summed E-state index contributed by atoms with van der Waals surface area (Å²) in [5, 5.41) is 0. The minimum atomic E-state index is -0.121. The van der Waals surface area contributed by atoms with Crippen LogP contribution in [0.3, 0.4) is 0 Å². The molecule has 0 spiro atoms. The predicted molar refractivity (Wildman–Crippen MR) is 88.3 cm³/mol. The van der Waals surface area contributed by atoms with Crippen LogP contribution in [0.15, 0.2) is 91.3 Å². The summed E-state index contributed by atoms with van der Waals surface area (Å²) in [7, 11) is 0. The normalized spacial score (nSPS) is 9.95. The quantitative estimate of drug-likeness (QED) is 0.658. The Balaban J connectivity index is 0.00000161. The van der Waals surface area contributed by atoms with Gasteiger partial charge in [0.1, 0.15) is 0 Å². The van der Waals surface area contributed by atoms with Crippen molar-refractivity contribution in [2.75, 3.05) is 0 Å². The van der Waals surface area contributed by atoms with Gasteiger partial charge in [-0.1, -0.05) is 66.7 Å². The van der Waals surface area contributed by atoms with Crippen molar-refractivity contribution in [1.29, 1.82) is 0 Å². The maximum Gasteiger partial charge on any atom is 0.222 e. The smallest absolute Gasteiger partial charge is 0.222 e. The Labute approximate surface area is 135 Å². The van der Waals surface area contributed by atoms with Gasteiger partial charge in [-0.3, -0.25) is 4.84 Å². The lowest BCUT2D eigenvalue weighted by Gasteiger charge is -2.14. The fourth-order valence-electron chi connectivity index (χ4n) is 2.14. The van der Waals surface area contributed by atoms with E-state index >= 15 is 0 Å². The van der Waals surface area contributed by atoms with Crippen LogP contribution in [0.2, 0.25) is 0 Å². The predicted octanol–water partition coefficient (Wildman–Crippen LogP) is 3.77. The molecule has 0 saturated carbocycles. The fraction of sp³-hybridized carbons (Fsp3) is 0.0556. The molecule has 2 aromatic carbocycles. The molecule has 0 atom stereocenters. The fourth-order valence-corrected chi connectivity index (χ4v) is 2.14. The molecule has 0 aliphatic rings. The molecule has 0 unspecified atom stereocenters. The van der Waals surface area contributed by atoms with Crippen molar-refractivity contribution in [3.8, 4) is 0 Å². The van der Waals surface area contributed by atoms with Crippen LogP contribution in [0.5, 0.6) is 0 Å². The number of hydrogen-bond acceptors (Lipinski definition) is 1. The average molecular weight is 343 g/mol. The molecule has 0 aliphatic carbocycles. The summed E-state index contributed by atoms with van der Waals surface area (Å²) in [5.41, 5.74) is 2.27. The van der Waals surface area contributed by atoms with Crippen LogP contribution in [-0.4, -0.2) is 0 Å². The van der Waals surface area contributed by atoms with E-state index in [1.54, 1.807) is 4.73 Å². The van der Waals surface area contributed by atoms with Gasteiger partial charge in [0.15, 0.2) is 0 Å². The minimum absolute atomic E-state index is 0. The van der Waals surface area contributed by atoms with E-state index in [0.717, 1.165) is 11.1 Å². The molecule has 21 heavy (non-hydrogen) atoms. The summed E-state index contributed by atoms with van der Waals surface area (Å²) in [6.07, 6.45) is 3.68. The summed E-state index contributed by atoms with van der Waals surface area (Å²) >= 11 is 0. The van der Waals surface area contributed by atoms with Crippen LogP contribution in [0.25, 0.3) is 0 Å². The van der Waals surface area contributed by atoms with Crippen molar-refractivity contribution < 1.29 is 9.57 Å². The highest BCUT2D eigenvalue weighted by atomic mass is 79.9. The lowest BCUT2D eigenvalue weighted by atomic mass is 10.0. The molecule has 0 radical (unpaired) electrons. The zero-order valence-corrected chi connectivity index (χ0v) is 13.2. The van der Waals surface area contributed by atoms with Gasteiger partial charge in [-0.15, -0.1) is 17.0 Å². The number of aromatic nitrogens is 1. The molecular weight excluding hydrogens is 326 g/mol. The first kappa shape index (κ1) is 15.3. The Kier molecular flexibility index (Phi) is 5.52. The van der Waals surface area contributed by atoms with Gasteiger partial charge >= 0.3 is 0 Å². The maximum absolute atomic E-state index is 6.10. The molecule has 0 amide bonds. The van der Waals surface area contributed by atoms with E-state index in [4.69, 9.17) is 4.84 Å². The summed E-state index contributed by atoms with van der Waals surface area (Å²) in [5.74, 6) is 0. The molecule has 0 bridgehead atoms. The van der Waals surface area contributed by atoms with E-state index in [0.29, 0.717) is 0 Å².